The molecule has 1 heterocycles. The molecule has 0 atom stereocenters. The Morgan fingerprint density at radius 2 is 1.88 bits per heavy atom. The smallest absolute Gasteiger partial charge is 0.222 e. The standard InChI is InChI=1S/C13H15ClN2O/c1-9-4-6-11(7-5-9)17-13-12(8-14)10(2)15-16(13)3/h4-7H,8H2,1-3H3. The molecule has 4 heteroatoms. The van der Waals surface area contributed by atoms with Crippen LogP contribution in [0.2, 0.25) is 0 Å². The van der Waals surface area contributed by atoms with Gasteiger partial charge in [0.1, 0.15) is 5.75 Å². The van der Waals surface area contributed by atoms with Gasteiger partial charge in [-0.1, -0.05) is 17.7 Å². The highest BCUT2D eigenvalue weighted by Gasteiger charge is 2.14. The molecule has 0 N–H and O–H groups in total. The summed E-state index contributed by atoms with van der Waals surface area (Å²) in [5, 5.41) is 4.30. The average Bonchev–Trinajstić information content (AvgIpc) is 2.57. The molecule has 1 aromatic heterocycles. The molecule has 3 nitrogen and oxygen atoms in total. The first kappa shape index (κ1) is 12.0. The van der Waals surface area contributed by atoms with Crippen molar-refractivity contribution in [3.8, 4) is 11.6 Å². The topological polar surface area (TPSA) is 27.1 Å². The zero-order chi connectivity index (χ0) is 12.4. The lowest BCUT2D eigenvalue weighted by atomic mass is 10.2. The van der Waals surface area contributed by atoms with Crippen molar-refractivity contribution < 1.29 is 4.74 Å². The van der Waals surface area contributed by atoms with Crippen LogP contribution in [0.5, 0.6) is 11.6 Å². The molecule has 0 saturated heterocycles. The number of benzene rings is 1. The van der Waals surface area contributed by atoms with Crippen LogP contribution in [0.15, 0.2) is 24.3 Å². The number of nitrogens with zero attached hydrogens (tertiary/aromatic N) is 2. The summed E-state index contributed by atoms with van der Waals surface area (Å²) >= 11 is 5.91. The van der Waals surface area contributed by atoms with Gasteiger partial charge in [0.2, 0.25) is 5.88 Å². The number of halogens is 1. The molecule has 0 amide bonds. The number of hydrogen-bond acceptors (Lipinski definition) is 2. The number of aromatic nitrogens is 2. The fourth-order valence-corrected chi connectivity index (χ4v) is 1.99. The predicted molar refractivity (Wildman–Crippen MR) is 68.8 cm³/mol. The summed E-state index contributed by atoms with van der Waals surface area (Å²) in [6.45, 7) is 3.97. The Bertz CT molecular complexity index is 517. The quantitative estimate of drug-likeness (QED) is 0.779. The lowest BCUT2D eigenvalue weighted by Crippen LogP contribution is -1.96. The van der Waals surface area contributed by atoms with Gasteiger partial charge in [0.15, 0.2) is 0 Å². The van der Waals surface area contributed by atoms with Crippen LogP contribution in [0, 0.1) is 13.8 Å². The SMILES string of the molecule is Cc1ccc(Oc2c(CCl)c(C)nn2C)cc1. The van der Waals surface area contributed by atoms with Gasteiger partial charge in [0.05, 0.1) is 17.1 Å². The van der Waals surface area contributed by atoms with E-state index in [0.717, 1.165) is 17.0 Å². The zero-order valence-corrected chi connectivity index (χ0v) is 11.0. The molecular formula is C13H15ClN2O. The summed E-state index contributed by atoms with van der Waals surface area (Å²) in [4.78, 5) is 0. The highest BCUT2D eigenvalue weighted by molar-refractivity contribution is 6.17. The lowest BCUT2D eigenvalue weighted by molar-refractivity contribution is 0.427. The Hall–Kier alpha value is -1.48. The Balaban J connectivity index is 2.32. The van der Waals surface area contributed by atoms with E-state index in [1.54, 1.807) is 4.68 Å². The van der Waals surface area contributed by atoms with Gasteiger partial charge < -0.3 is 4.74 Å². The molecule has 0 saturated carbocycles. The second-order valence-corrected chi connectivity index (χ2v) is 4.31. The number of ether oxygens (including phenoxy) is 1. The molecule has 0 aliphatic rings. The number of alkyl halides is 1. The first-order chi connectivity index (χ1) is 8.11. The predicted octanol–water partition coefficient (Wildman–Crippen LogP) is 3.57. The maximum Gasteiger partial charge on any atom is 0.222 e. The van der Waals surface area contributed by atoms with E-state index >= 15 is 0 Å². The van der Waals surface area contributed by atoms with Crippen LogP contribution in [0.3, 0.4) is 0 Å². The van der Waals surface area contributed by atoms with E-state index in [4.69, 9.17) is 16.3 Å². The van der Waals surface area contributed by atoms with Crippen molar-refractivity contribution in [1.29, 1.82) is 0 Å². The number of hydrogen-bond donors (Lipinski definition) is 0. The van der Waals surface area contributed by atoms with Crippen molar-refractivity contribution in [3.63, 3.8) is 0 Å². The molecule has 2 aromatic rings. The second kappa shape index (κ2) is 4.80. The molecule has 0 aliphatic carbocycles. The Morgan fingerprint density at radius 3 is 2.47 bits per heavy atom. The first-order valence-electron chi connectivity index (χ1n) is 5.44. The summed E-state index contributed by atoms with van der Waals surface area (Å²) in [5.41, 5.74) is 3.05. The molecule has 0 aliphatic heterocycles. The zero-order valence-electron chi connectivity index (χ0n) is 10.2. The molecule has 0 unspecified atom stereocenters. The van der Waals surface area contributed by atoms with Gasteiger partial charge in [0, 0.05) is 7.05 Å². The molecule has 17 heavy (non-hydrogen) atoms. The molecule has 90 valence electrons. The van der Waals surface area contributed by atoms with Crippen LogP contribution in [0.4, 0.5) is 0 Å². The summed E-state index contributed by atoms with van der Waals surface area (Å²) < 4.78 is 7.54. The van der Waals surface area contributed by atoms with Gasteiger partial charge in [-0.2, -0.15) is 5.10 Å². The second-order valence-electron chi connectivity index (χ2n) is 4.04. The number of rotatable bonds is 3. The van der Waals surface area contributed by atoms with E-state index in [2.05, 4.69) is 5.10 Å². The molecule has 0 bridgehead atoms. The minimum absolute atomic E-state index is 0.404. The van der Waals surface area contributed by atoms with Crippen LogP contribution in [0.25, 0.3) is 0 Å². The van der Waals surface area contributed by atoms with Crippen LogP contribution < -0.4 is 4.74 Å². The first-order valence-corrected chi connectivity index (χ1v) is 5.98. The lowest BCUT2D eigenvalue weighted by Gasteiger charge is -2.07. The summed E-state index contributed by atoms with van der Waals surface area (Å²) in [6.07, 6.45) is 0. The largest absolute Gasteiger partial charge is 0.439 e. The van der Waals surface area contributed by atoms with Gasteiger partial charge in [0.25, 0.3) is 0 Å². The summed E-state index contributed by atoms with van der Waals surface area (Å²) in [7, 11) is 1.85. The Labute approximate surface area is 106 Å². The normalized spacial score (nSPS) is 10.6. The highest BCUT2D eigenvalue weighted by atomic mass is 35.5. The third-order valence-corrected chi connectivity index (χ3v) is 2.93. The van der Waals surface area contributed by atoms with Crippen molar-refractivity contribution in [2.24, 2.45) is 7.05 Å². The summed E-state index contributed by atoms with van der Waals surface area (Å²) in [5.74, 6) is 1.91. The van der Waals surface area contributed by atoms with Crippen molar-refractivity contribution in [1.82, 2.24) is 9.78 Å². The van der Waals surface area contributed by atoms with Gasteiger partial charge in [-0.15, -0.1) is 11.6 Å². The molecule has 0 spiro atoms. The molecular weight excluding hydrogens is 236 g/mol. The molecule has 0 fully saturated rings. The minimum atomic E-state index is 0.404. The third kappa shape index (κ3) is 2.44. The van der Waals surface area contributed by atoms with Crippen molar-refractivity contribution in [3.05, 3.63) is 41.1 Å². The summed E-state index contributed by atoms with van der Waals surface area (Å²) in [6, 6.07) is 7.91. The Kier molecular flexibility index (Phi) is 3.38. The van der Waals surface area contributed by atoms with E-state index in [0.29, 0.717) is 11.8 Å². The Morgan fingerprint density at radius 1 is 1.24 bits per heavy atom. The van der Waals surface area contributed by atoms with E-state index in [-0.39, 0.29) is 0 Å². The van der Waals surface area contributed by atoms with Gasteiger partial charge in [-0.3, -0.25) is 0 Å². The fourth-order valence-electron chi connectivity index (χ4n) is 1.68. The molecule has 0 radical (unpaired) electrons. The van der Waals surface area contributed by atoms with E-state index in [1.165, 1.54) is 5.56 Å². The monoisotopic (exact) mass is 250 g/mol. The van der Waals surface area contributed by atoms with Crippen LogP contribution >= 0.6 is 11.6 Å². The molecule has 1 aromatic carbocycles. The third-order valence-electron chi connectivity index (χ3n) is 2.66. The van der Waals surface area contributed by atoms with Gasteiger partial charge in [-0.25, -0.2) is 4.68 Å². The van der Waals surface area contributed by atoms with Crippen molar-refractivity contribution in [2.75, 3.05) is 0 Å². The van der Waals surface area contributed by atoms with Crippen LogP contribution in [-0.2, 0) is 12.9 Å². The fraction of sp³-hybridized carbons (Fsp3) is 0.308. The maximum atomic E-state index is 5.91. The highest BCUT2D eigenvalue weighted by Crippen LogP contribution is 2.28. The average molecular weight is 251 g/mol. The van der Waals surface area contributed by atoms with Crippen molar-refractivity contribution >= 4 is 11.6 Å². The van der Waals surface area contributed by atoms with Gasteiger partial charge >= 0.3 is 0 Å². The van der Waals surface area contributed by atoms with Crippen molar-refractivity contribution in [2.45, 2.75) is 19.7 Å². The van der Waals surface area contributed by atoms with E-state index in [1.807, 2.05) is 45.2 Å². The van der Waals surface area contributed by atoms with Gasteiger partial charge in [-0.05, 0) is 26.0 Å². The van der Waals surface area contributed by atoms with Crippen LogP contribution in [0.1, 0.15) is 16.8 Å². The minimum Gasteiger partial charge on any atom is -0.439 e. The van der Waals surface area contributed by atoms with E-state index in [9.17, 15) is 0 Å². The van der Waals surface area contributed by atoms with E-state index < -0.39 is 0 Å². The number of aryl methyl sites for hydroxylation is 3. The maximum absolute atomic E-state index is 5.91. The molecule has 2 rings (SSSR count). The van der Waals surface area contributed by atoms with Crippen LogP contribution in [-0.4, -0.2) is 9.78 Å².